The Morgan fingerprint density at radius 1 is 1.21 bits per heavy atom. The van der Waals surface area contributed by atoms with E-state index >= 15 is 0 Å². The molecule has 1 aliphatic heterocycles. The lowest BCUT2D eigenvalue weighted by molar-refractivity contribution is 0.194. The summed E-state index contributed by atoms with van der Waals surface area (Å²) in [6.45, 7) is 5.38. The SMILES string of the molecule is Nc1nnc(Cl)cc1N1CCN(CCCCCCNC(=O)O)CC1. The van der Waals surface area contributed by atoms with Gasteiger partial charge in [-0.2, -0.15) is 0 Å². The van der Waals surface area contributed by atoms with E-state index in [-0.39, 0.29) is 0 Å². The standard InChI is InChI=1S/C15H25ClN6O2/c16-13-11-12(14(17)20-19-13)22-9-7-21(8-10-22)6-4-2-1-3-5-18-15(23)24/h11,18H,1-10H2,(H2,17,20)(H,23,24). The number of hydrogen-bond acceptors (Lipinski definition) is 6. The van der Waals surface area contributed by atoms with Crippen LogP contribution < -0.4 is 16.0 Å². The summed E-state index contributed by atoms with van der Waals surface area (Å²) in [7, 11) is 0. The van der Waals surface area contributed by atoms with Crippen LogP contribution in [0.1, 0.15) is 25.7 Å². The summed E-state index contributed by atoms with van der Waals surface area (Å²) in [4.78, 5) is 15.0. The summed E-state index contributed by atoms with van der Waals surface area (Å²) in [6.07, 6.45) is 3.27. The number of nitrogens with two attached hydrogens (primary N) is 1. The maximum atomic E-state index is 10.3. The summed E-state index contributed by atoms with van der Waals surface area (Å²) in [6, 6.07) is 1.77. The van der Waals surface area contributed by atoms with E-state index in [1.165, 1.54) is 0 Å². The van der Waals surface area contributed by atoms with Gasteiger partial charge in [-0.15, -0.1) is 10.2 Å². The first-order chi connectivity index (χ1) is 11.6. The normalized spacial score (nSPS) is 15.5. The minimum atomic E-state index is -0.945. The minimum absolute atomic E-state index is 0.360. The predicted molar refractivity (Wildman–Crippen MR) is 94.6 cm³/mol. The number of carboxylic acid groups (broad SMARTS) is 1. The lowest BCUT2D eigenvalue weighted by Gasteiger charge is -2.36. The van der Waals surface area contributed by atoms with Gasteiger partial charge in [0.1, 0.15) is 0 Å². The Morgan fingerprint density at radius 3 is 2.62 bits per heavy atom. The number of piperazine rings is 1. The number of halogens is 1. The number of unbranched alkanes of at least 4 members (excludes halogenated alkanes) is 3. The second-order valence-corrected chi connectivity index (χ2v) is 6.30. The maximum Gasteiger partial charge on any atom is 0.404 e. The highest BCUT2D eigenvalue weighted by molar-refractivity contribution is 6.29. The van der Waals surface area contributed by atoms with Crippen LogP contribution in [0.4, 0.5) is 16.3 Å². The predicted octanol–water partition coefficient (Wildman–Crippen LogP) is 1.66. The number of nitrogens with zero attached hydrogens (tertiary/aromatic N) is 4. The van der Waals surface area contributed by atoms with Crippen molar-refractivity contribution >= 4 is 29.2 Å². The molecular weight excluding hydrogens is 332 g/mol. The molecule has 4 N–H and O–H groups in total. The molecule has 0 aliphatic carbocycles. The molecule has 0 bridgehead atoms. The quantitative estimate of drug-likeness (QED) is 0.608. The van der Waals surface area contributed by atoms with E-state index in [2.05, 4.69) is 25.3 Å². The van der Waals surface area contributed by atoms with Crippen LogP contribution >= 0.6 is 11.6 Å². The van der Waals surface area contributed by atoms with Crippen molar-refractivity contribution in [2.24, 2.45) is 0 Å². The molecule has 1 fully saturated rings. The van der Waals surface area contributed by atoms with Crippen molar-refractivity contribution in [3.8, 4) is 0 Å². The second kappa shape index (κ2) is 9.48. The third kappa shape index (κ3) is 6.01. The number of carbonyl (C=O) groups is 1. The molecule has 0 saturated carbocycles. The first-order valence-electron chi connectivity index (χ1n) is 8.29. The van der Waals surface area contributed by atoms with Crippen molar-refractivity contribution in [1.29, 1.82) is 0 Å². The molecule has 1 aromatic rings. The van der Waals surface area contributed by atoms with Gasteiger partial charge in [0.25, 0.3) is 0 Å². The van der Waals surface area contributed by atoms with Crippen molar-refractivity contribution in [3.63, 3.8) is 0 Å². The fourth-order valence-electron chi connectivity index (χ4n) is 2.84. The molecule has 0 aromatic carbocycles. The number of nitrogen functional groups attached to an aromatic ring is 1. The fourth-order valence-corrected chi connectivity index (χ4v) is 2.98. The largest absolute Gasteiger partial charge is 0.465 e. The Balaban J connectivity index is 1.61. The molecule has 0 radical (unpaired) electrons. The topological polar surface area (TPSA) is 108 Å². The fraction of sp³-hybridized carbons (Fsp3) is 0.667. The zero-order chi connectivity index (χ0) is 17.4. The lowest BCUT2D eigenvalue weighted by atomic mass is 10.1. The average molecular weight is 357 g/mol. The lowest BCUT2D eigenvalue weighted by Crippen LogP contribution is -2.46. The van der Waals surface area contributed by atoms with Gasteiger partial charge >= 0.3 is 6.09 Å². The van der Waals surface area contributed by atoms with Crippen LogP contribution in [0, 0.1) is 0 Å². The maximum absolute atomic E-state index is 10.3. The van der Waals surface area contributed by atoms with Crippen molar-refractivity contribution in [2.45, 2.75) is 25.7 Å². The van der Waals surface area contributed by atoms with Crippen LogP contribution in [-0.4, -0.2) is 65.6 Å². The summed E-state index contributed by atoms with van der Waals surface area (Å²) >= 11 is 5.90. The molecular formula is C15H25ClN6O2. The Kier molecular flexibility index (Phi) is 7.33. The number of hydrogen-bond donors (Lipinski definition) is 3. The number of rotatable bonds is 8. The van der Waals surface area contributed by atoms with Gasteiger partial charge < -0.3 is 21.1 Å². The third-order valence-electron chi connectivity index (χ3n) is 4.16. The van der Waals surface area contributed by atoms with Crippen LogP contribution in [0.15, 0.2) is 6.07 Å². The van der Waals surface area contributed by atoms with E-state index < -0.39 is 6.09 Å². The van der Waals surface area contributed by atoms with Gasteiger partial charge in [-0.05, 0) is 19.4 Å². The molecule has 0 atom stereocenters. The van der Waals surface area contributed by atoms with E-state index in [1.54, 1.807) is 6.07 Å². The van der Waals surface area contributed by atoms with E-state index in [4.69, 9.17) is 22.4 Å². The Bertz CT molecular complexity index is 537. The summed E-state index contributed by atoms with van der Waals surface area (Å²) in [5, 5.41) is 18.8. The summed E-state index contributed by atoms with van der Waals surface area (Å²) in [5.41, 5.74) is 6.74. The van der Waals surface area contributed by atoms with E-state index in [0.717, 1.165) is 64.1 Å². The zero-order valence-electron chi connectivity index (χ0n) is 13.7. The molecule has 134 valence electrons. The Hall–Kier alpha value is -1.80. The van der Waals surface area contributed by atoms with Crippen molar-refractivity contribution in [2.75, 3.05) is 49.9 Å². The number of aromatic nitrogens is 2. The molecule has 1 aliphatic rings. The van der Waals surface area contributed by atoms with Gasteiger partial charge in [-0.3, -0.25) is 4.90 Å². The molecule has 2 heterocycles. The monoisotopic (exact) mass is 356 g/mol. The molecule has 0 spiro atoms. The van der Waals surface area contributed by atoms with Crippen LogP contribution in [0.25, 0.3) is 0 Å². The van der Waals surface area contributed by atoms with Gasteiger partial charge in [-0.1, -0.05) is 24.4 Å². The number of amides is 1. The van der Waals surface area contributed by atoms with E-state index in [1.807, 2.05) is 0 Å². The highest BCUT2D eigenvalue weighted by Gasteiger charge is 2.19. The zero-order valence-corrected chi connectivity index (χ0v) is 14.5. The van der Waals surface area contributed by atoms with Crippen molar-refractivity contribution in [3.05, 3.63) is 11.2 Å². The molecule has 2 rings (SSSR count). The Labute approximate surface area is 147 Å². The molecule has 9 heteroatoms. The van der Waals surface area contributed by atoms with Gasteiger partial charge in [0.2, 0.25) is 0 Å². The summed E-state index contributed by atoms with van der Waals surface area (Å²) in [5.74, 6) is 0.419. The molecule has 1 saturated heterocycles. The molecule has 1 amide bonds. The van der Waals surface area contributed by atoms with Crippen LogP contribution in [-0.2, 0) is 0 Å². The van der Waals surface area contributed by atoms with Crippen LogP contribution in [0.5, 0.6) is 0 Å². The van der Waals surface area contributed by atoms with Crippen LogP contribution in [0.2, 0.25) is 5.15 Å². The minimum Gasteiger partial charge on any atom is -0.465 e. The highest BCUT2D eigenvalue weighted by Crippen LogP contribution is 2.24. The van der Waals surface area contributed by atoms with Gasteiger partial charge in [0.15, 0.2) is 11.0 Å². The second-order valence-electron chi connectivity index (χ2n) is 5.91. The van der Waals surface area contributed by atoms with Crippen molar-refractivity contribution in [1.82, 2.24) is 20.4 Å². The van der Waals surface area contributed by atoms with E-state index in [9.17, 15) is 4.79 Å². The number of nitrogens with one attached hydrogen (secondary N) is 1. The van der Waals surface area contributed by atoms with Crippen molar-refractivity contribution < 1.29 is 9.90 Å². The first kappa shape index (κ1) is 18.5. The smallest absolute Gasteiger partial charge is 0.404 e. The van der Waals surface area contributed by atoms with Gasteiger partial charge in [-0.25, -0.2) is 4.79 Å². The molecule has 1 aromatic heterocycles. The van der Waals surface area contributed by atoms with Gasteiger partial charge in [0.05, 0.1) is 5.69 Å². The highest BCUT2D eigenvalue weighted by atomic mass is 35.5. The number of anilines is 2. The Morgan fingerprint density at radius 2 is 1.92 bits per heavy atom. The molecule has 24 heavy (non-hydrogen) atoms. The molecule has 8 nitrogen and oxygen atoms in total. The third-order valence-corrected chi connectivity index (χ3v) is 4.35. The summed E-state index contributed by atoms with van der Waals surface area (Å²) < 4.78 is 0. The van der Waals surface area contributed by atoms with Crippen LogP contribution in [0.3, 0.4) is 0 Å². The van der Waals surface area contributed by atoms with Gasteiger partial charge in [0, 0.05) is 38.8 Å². The van der Waals surface area contributed by atoms with E-state index in [0.29, 0.717) is 17.5 Å². The average Bonchev–Trinajstić information content (AvgIpc) is 2.56. The first-order valence-corrected chi connectivity index (χ1v) is 8.67. The molecule has 0 unspecified atom stereocenters.